The van der Waals surface area contributed by atoms with Gasteiger partial charge in [-0.2, -0.15) is 0 Å². The number of aromatic nitrogens is 4. The third kappa shape index (κ3) is 4.12. The summed E-state index contributed by atoms with van der Waals surface area (Å²) in [5, 5.41) is 0. The summed E-state index contributed by atoms with van der Waals surface area (Å²) in [5.74, 6) is 0.880. The second-order valence-corrected chi connectivity index (χ2v) is 8.59. The Kier molecular flexibility index (Phi) is 5.22. The molecule has 4 aromatic rings. The third-order valence-corrected chi connectivity index (χ3v) is 6.09. The highest BCUT2D eigenvalue weighted by atomic mass is 16.5. The average Bonchev–Trinajstić information content (AvgIpc) is 3.26. The standard InChI is InChI=1S/C25H23N5O3/c1-25(26)11-10-16(14-20(25)31)21-24(28-13-12-27-21)33-17-8-6-15(7-9-17)22(32)23-29-18-4-2-3-5-19(18)30-23/h2-9,12-13,16H,10-11,14,26H2,1H3,(H,29,30). The fourth-order valence-corrected chi connectivity index (χ4v) is 4.08. The average molecular weight is 441 g/mol. The molecule has 8 heteroatoms. The summed E-state index contributed by atoms with van der Waals surface area (Å²) in [6.07, 6.45) is 4.78. The molecule has 2 aromatic carbocycles. The highest BCUT2D eigenvalue weighted by molar-refractivity contribution is 6.08. The number of carbonyl (C=O) groups excluding carboxylic acids is 2. The molecule has 0 bridgehead atoms. The zero-order valence-corrected chi connectivity index (χ0v) is 18.1. The van der Waals surface area contributed by atoms with Crippen LogP contribution in [0.25, 0.3) is 11.0 Å². The molecule has 0 saturated heterocycles. The van der Waals surface area contributed by atoms with Crippen LogP contribution in [-0.2, 0) is 4.79 Å². The van der Waals surface area contributed by atoms with E-state index < -0.39 is 5.54 Å². The minimum atomic E-state index is -0.790. The number of carbonyl (C=O) groups is 2. The van der Waals surface area contributed by atoms with Gasteiger partial charge in [-0.3, -0.25) is 14.6 Å². The molecule has 0 radical (unpaired) electrons. The van der Waals surface area contributed by atoms with Crippen molar-refractivity contribution in [1.82, 2.24) is 19.9 Å². The number of imidazole rings is 1. The zero-order valence-electron chi connectivity index (χ0n) is 18.1. The molecule has 0 aliphatic heterocycles. The molecule has 33 heavy (non-hydrogen) atoms. The first-order chi connectivity index (χ1) is 15.9. The quantitative estimate of drug-likeness (QED) is 0.450. The predicted molar refractivity (Wildman–Crippen MR) is 122 cm³/mol. The smallest absolute Gasteiger partial charge is 0.241 e. The molecule has 166 valence electrons. The monoisotopic (exact) mass is 441 g/mol. The Morgan fingerprint density at radius 2 is 1.88 bits per heavy atom. The number of hydrogen-bond acceptors (Lipinski definition) is 7. The van der Waals surface area contributed by atoms with E-state index in [0.717, 1.165) is 17.5 Å². The second-order valence-electron chi connectivity index (χ2n) is 8.59. The van der Waals surface area contributed by atoms with E-state index in [9.17, 15) is 9.59 Å². The summed E-state index contributed by atoms with van der Waals surface area (Å²) in [6, 6.07) is 14.3. The fourth-order valence-electron chi connectivity index (χ4n) is 4.08. The number of nitrogens with zero attached hydrogens (tertiary/aromatic N) is 3. The van der Waals surface area contributed by atoms with Crippen molar-refractivity contribution in [1.29, 1.82) is 0 Å². The van der Waals surface area contributed by atoms with E-state index in [-0.39, 0.29) is 23.3 Å². The molecular formula is C25H23N5O3. The lowest BCUT2D eigenvalue weighted by Crippen LogP contribution is -2.48. The maximum atomic E-state index is 12.8. The molecule has 8 nitrogen and oxygen atoms in total. The molecule has 5 rings (SSSR count). The normalized spacial score (nSPS) is 20.7. The van der Waals surface area contributed by atoms with E-state index in [2.05, 4.69) is 19.9 Å². The van der Waals surface area contributed by atoms with E-state index >= 15 is 0 Å². The maximum absolute atomic E-state index is 12.8. The molecule has 2 unspecified atom stereocenters. The number of nitrogens with one attached hydrogen (secondary N) is 1. The minimum Gasteiger partial charge on any atom is -0.437 e. The summed E-state index contributed by atoms with van der Waals surface area (Å²) in [4.78, 5) is 41.4. The lowest BCUT2D eigenvalue weighted by atomic mass is 9.76. The van der Waals surface area contributed by atoms with Crippen molar-refractivity contribution in [2.75, 3.05) is 0 Å². The lowest BCUT2D eigenvalue weighted by Gasteiger charge is -2.32. The summed E-state index contributed by atoms with van der Waals surface area (Å²) in [6.45, 7) is 1.77. The van der Waals surface area contributed by atoms with Crippen LogP contribution in [0.2, 0.25) is 0 Å². The van der Waals surface area contributed by atoms with Gasteiger partial charge in [-0.15, -0.1) is 0 Å². The van der Waals surface area contributed by atoms with Crippen molar-refractivity contribution in [3.63, 3.8) is 0 Å². The zero-order chi connectivity index (χ0) is 23.0. The molecule has 1 aliphatic carbocycles. The van der Waals surface area contributed by atoms with Gasteiger partial charge in [0.05, 0.1) is 16.6 Å². The van der Waals surface area contributed by atoms with Crippen LogP contribution in [0.5, 0.6) is 11.6 Å². The van der Waals surface area contributed by atoms with Crippen LogP contribution in [0.15, 0.2) is 60.9 Å². The van der Waals surface area contributed by atoms with E-state index in [0.29, 0.717) is 35.7 Å². The Bertz CT molecular complexity index is 1310. The molecule has 1 aliphatic rings. The van der Waals surface area contributed by atoms with Crippen LogP contribution in [0.3, 0.4) is 0 Å². The minimum absolute atomic E-state index is 0.0174. The Balaban J connectivity index is 1.34. The van der Waals surface area contributed by atoms with Gasteiger partial charge in [-0.1, -0.05) is 12.1 Å². The number of aromatic amines is 1. The SMILES string of the molecule is CC1(N)CCC(c2nccnc2Oc2ccc(C(=O)c3nc4ccccc4[nH]3)cc2)CC1=O. The number of ketones is 2. The Hall–Kier alpha value is -3.91. The van der Waals surface area contributed by atoms with Gasteiger partial charge in [0.15, 0.2) is 11.6 Å². The van der Waals surface area contributed by atoms with E-state index in [4.69, 9.17) is 10.5 Å². The van der Waals surface area contributed by atoms with Gasteiger partial charge in [0.1, 0.15) is 11.4 Å². The summed E-state index contributed by atoms with van der Waals surface area (Å²) in [7, 11) is 0. The molecule has 1 fully saturated rings. The Morgan fingerprint density at radius 1 is 1.12 bits per heavy atom. The van der Waals surface area contributed by atoms with Crippen LogP contribution in [0.4, 0.5) is 0 Å². The first-order valence-electron chi connectivity index (χ1n) is 10.8. The fraction of sp³-hybridized carbons (Fsp3) is 0.240. The van der Waals surface area contributed by atoms with Crippen molar-refractivity contribution in [3.8, 4) is 11.6 Å². The van der Waals surface area contributed by atoms with E-state index in [1.807, 2.05) is 24.3 Å². The molecule has 0 spiro atoms. The van der Waals surface area contributed by atoms with Gasteiger partial charge >= 0.3 is 0 Å². The van der Waals surface area contributed by atoms with Gasteiger partial charge in [0, 0.05) is 30.3 Å². The van der Waals surface area contributed by atoms with Crippen LogP contribution in [0, 0.1) is 0 Å². The van der Waals surface area contributed by atoms with Gasteiger partial charge in [0.2, 0.25) is 11.7 Å². The van der Waals surface area contributed by atoms with Crippen molar-refractivity contribution in [2.24, 2.45) is 5.73 Å². The Labute approximate surface area is 190 Å². The topological polar surface area (TPSA) is 124 Å². The molecule has 0 amide bonds. The number of hydrogen-bond donors (Lipinski definition) is 2. The van der Waals surface area contributed by atoms with Crippen molar-refractivity contribution in [3.05, 3.63) is 78.0 Å². The number of ether oxygens (including phenoxy) is 1. The number of fused-ring (bicyclic) bond motifs is 1. The Morgan fingerprint density at radius 3 is 2.64 bits per heavy atom. The molecule has 3 N–H and O–H groups in total. The lowest BCUT2D eigenvalue weighted by molar-refractivity contribution is -0.125. The van der Waals surface area contributed by atoms with Crippen LogP contribution >= 0.6 is 0 Å². The molecule has 2 aromatic heterocycles. The summed E-state index contributed by atoms with van der Waals surface area (Å²) in [5.41, 5.74) is 7.97. The van der Waals surface area contributed by atoms with Crippen molar-refractivity contribution < 1.29 is 14.3 Å². The molecule has 2 heterocycles. The van der Waals surface area contributed by atoms with Gasteiger partial charge in [-0.25, -0.2) is 9.97 Å². The van der Waals surface area contributed by atoms with E-state index in [1.54, 1.807) is 43.6 Å². The number of rotatable bonds is 5. The number of para-hydroxylation sites is 2. The summed E-state index contributed by atoms with van der Waals surface area (Å²) < 4.78 is 5.99. The largest absolute Gasteiger partial charge is 0.437 e. The van der Waals surface area contributed by atoms with Gasteiger partial charge in [-0.05, 0) is 56.2 Å². The van der Waals surface area contributed by atoms with Gasteiger partial charge < -0.3 is 15.5 Å². The number of benzene rings is 2. The third-order valence-electron chi connectivity index (χ3n) is 6.09. The molecule has 2 atom stereocenters. The van der Waals surface area contributed by atoms with Crippen molar-refractivity contribution in [2.45, 2.75) is 37.6 Å². The first kappa shape index (κ1) is 21.0. The predicted octanol–water partition coefficient (Wildman–Crippen LogP) is 3.93. The first-order valence-corrected chi connectivity index (χ1v) is 10.8. The number of nitrogens with two attached hydrogens (primary N) is 1. The molecular weight excluding hydrogens is 418 g/mol. The van der Waals surface area contributed by atoms with Gasteiger partial charge in [0.25, 0.3) is 0 Å². The highest BCUT2D eigenvalue weighted by Crippen LogP contribution is 2.37. The number of H-pyrrole nitrogens is 1. The van der Waals surface area contributed by atoms with Crippen LogP contribution in [0.1, 0.15) is 54.0 Å². The van der Waals surface area contributed by atoms with Crippen LogP contribution in [-0.4, -0.2) is 37.0 Å². The summed E-state index contributed by atoms with van der Waals surface area (Å²) >= 11 is 0. The number of Topliss-reactive ketones (excluding diaryl/α,β-unsaturated/α-hetero) is 1. The van der Waals surface area contributed by atoms with Crippen LogP contribution < -0.4 is 10.5 Å². The van der Waals surface area contributed by atoms with Crippen molar-refractivity contribution >= 4 is 22.6 Å². The molecule has 1 saturated carbocycles. The highest BCUT2D eigenvalue weighted by Gasteiger charge is 2.37. The van der Waals surface area contributed by atoms with E-state index in [1.165, 1.54) is 0 Å². The maximum Gasteiger partial charge on any atom is 0.241 e. The second kappa shape index (κ2) is 8.22.